The Morgan fingerprint density at radius 3 is 0.935 bits per heavy atom. The second kappa shape index (κ2) is 11.0. The first-order valence-corrected chi connectivity index (χ1v) is 15.5. The molecule has 0 aliphatic heterocycles. The lowest BCUT2D eigenvalue weighted by Gasteiger charge is -2.61. The Hall–Kier alpha value is -5.74. The molecule has 2 bridgehead atoms. The van der Waals surface area contributed by atoms with E-state index in [0.717, 1.165) is 33.4 Å². The highest BCUT2D eigenvalue weighted by Crippen LogP contribution is 2.65. The lowest BCUT2D eigenvalue weighted by atomic mass is 9.43. The molecule has 0 aromatic heterocycles. The van der Waals surface area contributed by atoms with E-state index in [1.54, 1.807) is 24.3 Å². The molecule has 4 heteroatoms. The summed E-state index contributed by atoms with van der Waals surface area (Å²) < 4.78 is 13.5. The van der Waals surface area contributed by atoms with Gasteiger partial charge in [-0.1, -0.05) is 146 Å². The minimum absolute atomic E-state index is 0.427. The van der Waals surface area contributed by atoms with Crippen molar-refractivity contribution in [3.63, 3.8) is 0 Å². The van der Waals surface area contributed by atoms with Gasteiger partial charge in [-0.25, -0.2) is 9.59 Å². The molecule has 6 aromatic carbocycles. The number of hydrogen-bond acceptors (Lipinski definition) is 4. The number of ether oxygens (including phenoxy) is 2. The lowest BCUT2D eigenvalue weighted by molar-refractivity contribution is -0.0829. The zero-order valence-electron chi connectivity index (χ0n) is 25.0. The van der Waals surface area contributed by atoms with Gasteiger partial charge >= 0.3 is 11.9 Å². The van der Waals surface area contributed by atoms with Gasteiger partial charge < -0.3 is 9.47 Å². The predicted octanol–water partition coefficient (Wildman–Crippen LogP) is 8.13. The highest BCUT2D eigenvalue weighted by molar-refractivity contribution is 5.91. The van der Waals surface area contributed by atoms with Crippen LogP contribution in [0, 0.1) is 0 Å². The number of carbonyl (C=O) groups is 2. The van der Waals surface area contributed by atoms with Gasteiger partial charge in [-0.3, -0.25) is 0 Å². The van der Waals surface area contributed by atoms with Gasteiger partial charge in [0, 0.05) is 0 Å². The second-order valence-electron chi connectivity index (χ2n) is 11.8. The van der Waals surface area contributed by atoms with Crippen LogP contribution in [0.4, 0.5) is 0 Å². The van der Waals surface area contributed by atoms with Crippen LogP contribution >= 0.6 is 0 Å². The topological polar surface area (TPSA) is 52.6 Å². The van der Waals surface area contributed by atoms with Gasteiger partial charge in [0.15, 0.2) is 12.2 Å². The van der Waals surface area contributed by atoms with Crippen molar-refractivity contribution in [2.24, 2.45) is 0 Å². The molecule has 3 aliphatic rings. The summed E-state index contributed by atoms with van der Waals surface area (Å²) in [6, 6.07) is 55.0. The number of fused-ring (bicyclic) bond motifs is 1. The van der Waals surface area contributed by atoms with Crippen molar-refractivity contribution < 1.29 is 19.1 Å². The van der Waals surface area contributed by atoms with E-state index < -0.39 is 35.0 Å². The van der Waals surface area contributed by atoms with Crippen LogP contribution in [-0.4, -0.2) is 24.1 Å². The van der Waals surface area contributed by atoms with Crippen molar-refractivity contribution in [1.82, 2.24) is 0 Å². The highest BCUT2D eigenvalue weighted by Gasteiger charge is 2.70. The maximum absolute atomic E-state index is 14.2. The first-order valence-electron chi connectivity index (χ1n) is 15.5. The van der Waals surface area contributed by atoms with Crippen LogP contribution in [0.1, 0.15) is 54.1 Å². The minimum atomic E-state index is -0.989. The molecule has 0 radical (unpaired) electrons. The number of benzene rings is 6. The first-order chi connectivity index (χ1) is 22.7. The second-order valence-corrected chi connectivity index (χ2v) is 11.8. The summed E-state index contributed by atoms with van der Waals surface area (Å²) in [7, 11) is 0. The zero-order chi connectivity index (χ0) is 31.1. The molecule has 6 aromatic rings. The van der Waals surface area contributed by atoms with Crippen LogP contribution < -0.4 is 0 Å². The third-order valence-electron chi connectivity index (χ3n) is 9.63. The molecule has 2 atom stereocenters. The Morgan fingerprint density at radius 2 is 0.630 bits per heavy atom. The van der Waals surface area contributed by atoms with E-state index in [0.29, 0.717) is 11.1 Å². The molecule has 0 amide bonds. The van der Waals surface area contributed by atoms with Gasteiger partial charge in [-0.15, -0.1) is 0 Å². The maximum atomic E-state index is 14.2. The quantitative estimate of drug-likeness (QED) is 0.182. The van der Waals surface area contributed by atoms with Crippen molar-refractivity contribution in [3.05, 3.63) is 214 Å². The average Bonchev–Trinajstić information content (AvgIpc) is 3.14. The molecule has 0 heterocycles. The molecular formula is C42H30O4. The lowest BCUT2D eigenvalue weighted by Crippen LogP contribution is -2.68. The summed E-state index contributed by atoms with van der Waals surface area (Å²) in [6.07, 6.45) is -1.86. The zero-order valence-corrected chi connectivity index (χ0v) is 25.0. The third-order valence-corrected chi connectivity index (χ3v) is 9.63. The van der Waals surface area contributed by atoms with E-state index in [4.69, 9.17) is 9.47 Å². The van der Waals surface area contributed by atoms with Crippen LogP contribution in [0.5, 0.6) is 0 Å². The van der Waals surface area contributed by atoms with E-state index in [9.17, 15) is 9.59 Å². The number of esters is 2. The smallest absolute Gasteiger partial charge is 0.338 e. The summed E-state index contributed by atoms with van der Waals surface area (Å²) in [6.45, 7) is 0. The molecule has 3 aliphatic carbocycles. The molecule has 0 saturated heterocycles. The standard InChI is InChI=1S/C42H30O4/c43-39(29-17-5-1-6-18-29)45-37-38(46-40(44)30-19-7-2-8-20-30)42(32-23-11-4-12-24-32)35-27-15-13-25-33(35)41(37,31-21-9-3-10-22-31)34-26-14-16-28-36(34)42/h1-28,37-38H. The summed E-state index contributed by atoms with van der Waals surface area (Å²) in [5.74, 6) is -0.959. The molecule has 4 nitrogen and oxygen atoms in total. The van der Waals surface area contributed by atoms with Gasteiger partial charge in [-0.2, -0.15) is 0 Å². The monoisotopic (exact) mass is 598 g/mol. The fraction of sp³-hybridized carbons (Fsp3) is 0.0952. The number of carbonyl (C=O) groups excluding carboxylic acids is 2. The molecule has 0 spiro atoms. The summed E-state index contributed by atoms with van der Waals surface area (Å²) in [4.78, 5) is 28.3. The Bertz CT molecular complexity index is 1840. The molecule has 2 unspecified atom stereocenters. The van der Waals surface area contributed by atoms with E-state index in [-0.39, 0.29) is 0 Å². The van der Waals surface area contributed by atoms with Crippen molar-refractivity contribution in [2.45, 2.75) is 23.0 Å². The molecular weight excluding hydrogens is 568 g/mol. The molecule has 9 rings (SSSR count). The molecule has 0 saturated carbocycles. The van der Waals surface area contributed by atoms with Crippen molar-refractivity contribution >= 4 is 11.9 Å². The molecule has 0 fully saturated rings. The van der Waals surface area contributed by atoms with Gasteiger partial charge in [-0.05, 0) is 57.6 Å². The van der Waals surface area contributed by atoms with Crippen LogP contribution in [0.25, 0.3) is 0 Å². The normalized spacial score (nSPS) is 22.3. The largest absolute Gasteiger partial charge is 0.453 e. The first kappa shape index (κ1) is 27.8. The van der Waals surface area contributed by atoms with Crippen molar-refractivity contribution in [1.29, 1.82) is 0 Å². The third kappa shape index (κ3) is 3.93. The Balaban J connectivity index is 1.49. The van der Waals surface area contributed by atoms with Crippen molar-refractivity contribution in [2.75, 3.05) is 0 Å². The van der Waals surface area contributed by atoms with Crippen LogP contribution in [0.2, 0.25) is 0 Å². The van der Waals surface area contributed by atoms with E-state index in [1.165, 1.54) is 0 Å². The average molecular weight is 599 g/mol. The SMILES string of the molecule is O=C(OC1C(OC(=O)c2ccccc2)C2(c3ccccc3)c3ccccc3C1(c1ccccc1)c1ccccc12)c1ccccc1. The van der Waals surface area contributed by atoms with Crippen molar-refractivity contribution in [3.8, 4) is 0 Å². The fourth-order valence-electron chi connectivity index (χ4n) is 7.87. The summed E-state index contributed by atoms with van der Waals surface area (Å²) >= 11 is 0. The molecule has 46 heavy (non-hydrogen) atoms. The number of hydrogen-bond donors (Lipinski definition) is 0. The highest BCUT2D eigenvalue weighted by atomic mass is 16.6. The Labute approximate surface area is 267 Å². The van der Waals surface area contributed by atoms with Gasteiger partial charge in [0.25, 0.3) is 0 Å². The minimum Gasteiger partial charge on any atom is -0.453 e. The van der Waals surface area contributed by atoms with Gasteiger partial charge in [0.1, 0.15) is 0 Å². The summed E-state index contributed by atoms with van der Waals surface area (Å²) in [5, 5.41) is 0. The molecule has 0 N–H and O–H groups in total. The maximum Gasteiger partial charge on any atom is 0.338 e. The fourth-order valence-corrected chi connectivity index (χ4v) is 7.87. The molecule has 222 valence electrons. The number of rotatable bonds is 6. The summed E-state index contributed by atoms with van der Waals surface area (Å²) in [5.41, 5.74) is 4.83. The van der Waals surface area contributed by atoms with Gasteiger partial charge in [0.2, 0.25) is 0 Å². The predicted molar refractivity (Wildman–Crippen MR) is 177 cm³/mol. The van der Waals surface area contributed by atoms with Crippen LogP contribution in [0.15, 0.2) is 170 Å². The van der Waals surface area contributed by atoms with Crippen LogP contribution in [-0.2, 0) is 20.3 Å². The van der Waals surface area contributed by atoms with Crippen LogP contribution in [0.3, 0.4) is 0 Å². The Morgan fingerprint density at radius 1 is 0.370 bits per heavy atom. The van der Waals surface area contributed by atoms with Gasteiger partial charge in [0.05, 0.1) is 22.0 Å². The van der Waals surface area contributed by atoms with E-state index >= 15 is 0 Å². The van der Waals surface area contributed by atoms with E-state index in [2.05, 4.69) is 48.5 Å². The van der Waals surface area contributed by atoms with E-state index in [1.807, 2.05) is 97.1 Å². The Kier molecular flexibility index (Phi) is 6.65.